The minimum Gasteiger partial charge on any atom is -0.383 e. The van der Waals surface area contributed by atoms with Crippen molar-refractivity contribution in [1.82, 2.24) is 9.78 Å². The Bertz CT molecular complexity index is 601. The van der Waals surface area contributed by atoms with Crippen molar-refractivity contribution in [3.8, 4) is 0 Å². The number of ether oxygens (including phenoxy) is 1. The Morgan fingerprint density at radius 2 is 2.25 bits per heavy atom. The van der Waals surface area contributed by atoms with E-state index < -0.39 is 6.10 Å². The van der Waals surface area contributed by atoms with Gasteiger partial charge in [-0.3, -0.25) is 4.68 Å². The molecule has 20 heavy (non-hydrogen) atoms. The van der Waals surface area contributed by atoms with Gasteiger partial charge in [0.05, 0.1) is 30.1 Å². The fraction of sp³-hybridized carbons (Fsp3) is 0.357. The number of hydrogen-bond acceptors (Lipinski definition) is 3. The molecule has 4 nitrogen and oxygen atoms in total. The summed E-state index contributed by atoms with van der Waals surface area (Å²) in [5, 5.41) is 15.2. The van der Waals surface area contributed by atoms with E-state index in [4.69, 9.17) is 16.3 Å². The number of methoxy groups -OCH3 is 1. The van der Waals surface area contributed by atoms with Crippen LogP contribution >= 0.6 is 27.5 Å². The molecule has 2 rings (SSSR count). The molecule has 0 spiro atoms. The van der Waals surface area contributed by atoms with Crippen molar-refractivity contribution in [2.45, 2.75) is 19.6 Å². The molecule has 108 valence electrons. The first kappa shape index (κ1) is 15.5. The largest absolute Gasteiger partial charge is 0.383 e. The summed E-state index contributed by atoms with van der Waals surface area (Å²) in [6.45, 7) is 3.05. The lowest BCUT2D eigenvalue weighted by Crippen LogP contribution is -2.13. The van der Waals surface area contributed by atoms with Crippen LogP contribution in [-0.2, 0) is 11.3 Å². The van der Waals surface area contributed by atoms with Gasteiger partial charge in [-0.15, -0.1) is 0 Å². The molecule has 0 saturated carbocycles. The maximum Gasteiger partial charge on any atom is 0.122 e. The van der Waals surface area contributed by atoms with E-state index in [1.807, 2.05) is 25.1 Å². The van der Waals surface area contributed by atoms with Gasteiger partial charge in [-0.25, -0.2) is 0 Å². The molecule has 0 aliphatic rings. The zero-order valence-electron chi connectivity index (χ0n) is 11.3. The normalized spacial score (nSPS) is 12.7. The minimum absolute atomic E-state index is 0.449. The predicted octanol–water partition coefficient (Wildman–Crippen LogP) is 3.34. The fourth-order valence-corrected chi connectivity index (χ4v) is 2.58. The number of aromatic nitrogens is 2. The summed E-state index contributed by atoms with van der Waals surface area (Å²) in [5.41, 5.74) is 2.46. The van der Waals surface area contributed by atoms with E-state index in [2.05, 4.69) is 21.0 Å². The number of aliphatic hydroxyl groups is 1. The summed E-state index contributed by atoms with van der Waals surface area (Å²) >= 11 is 9.61. The average molecular weight is 360 g/mol. The molecule has 0 amide bonds. The number of aryl methyl sites for hydroxylation is 1. The summed E-state index contributed by atoms with van der Waals surface area (Å²) in [6.07, 6.45) is 0.720. The van der Waals surface area contributed by atoms with Crippen LogP contribution < -0.4 is 0 Å². The molecule has 0 saturated heterocycles. The van der Waals surface area contributed by atoms with E-state index in [1.54, 1.807) is 18.0 Å². The lowest BCUT2D eigenvalue weighted by atomic mass is 10.0. The summed E-state index contributed by atoms with van der Waals surface area (Å²) in [4.78, 5) is 0. The highest BCUT2D eigenvalue weighted by Gasteiger charge is 2.20. The van der Waals surface area contributed by atoms with Gasteiger partial charge < -0.3 is 9.84 Å². The highest BCUT2D eigenvalue weighted by Crippen LogP contribution is 2.30. The third kappa shape index (κ3) is 3.23. The Balaban J connectivity index is 2.34. The zero-order chi connectivity index (χ0) is 14.7. The van der Waals surface area contributed by atoms with Crippen LogP contribution in [0.25, 0.3) is 0 Å². The van der Waals surface area contributed by atoms with Crippen molar-refractivity contribution in [2.24, 2.45) is 0 Å². The summed E-state index contributed by atoms with van der Waals surface area (Å²) < 4.78 is 7.66. The Hall–Kier alpha value is -0.880. The van der Waals surface area contributed by atoms with Crippen LogP contribution in [0.4, 0.5) is 0 Å². The molecule has 1 aromatic heterocycles. The van der Waals surface area contributed by atoms with Crippen LogP contribution in [0.2, 0.25) is 5.02 Å². The van der Waals surface area contributed by atoms with Gasteiger partial charge in [0.15, 0.2) is 0 Å². The van der Waals surface area contributed by atoms with Crippen molar-refractivity contribution in [3.63, 3.8) is 0 Å². The van der Waals surface area contributed by atoms with E-state index in [9.17, 15) is 5.11 Å². The predicted molar refractivity (Wildman–Crippen MR) is 82.1 cm³/mol. The lowest BCUT2D eigenvalue weighted by molar-refractivity contribution is 0.171. The topological polar surface area (TPSA) is 47.3 Å². The monoisotopic (exact) mass is 358 g/mol. The van der Waals surface area contributed by atoms with E-state index >= 15 is 0 Å². The third-order valence-corrected chi connectivity index (χ3v) is 4.26. The molecule has 0 fully saturated rings. The van der Waals surface area contributed by atoms with Crippen molar-refractivity contribution in [3.05, 3.63) is 50.7 Å². The number of halogens is 2. The van der Waals surface area contributed by atoms with Crippen molar-refractivity contribution in [2.75, 3.05) is 13.7 Å². The molecule has 2 aromatic rings. The van der Waals surface area contributed by atoms with E-state index in [-0.39, 0.29) is 0 Å². The molecule has 0 aliphatic carbocycles. The third-order valence-electron chi connectivity index (χ3n) is 3.11. The van der Waals surface area contributed by atoms with Crippen molar-refractivity contribution in [1.29, 1.82) is 0 Å². The van der Waals surface area contributed by atoms with Gasteiger partial charge in [-0.2, -0.15) is 5.10 Å². The highest BCUT2D eigenvalue weighted by atomic mass is 79.9. The van der Waals surface area contributed by atoms with Gasteiger partial charge in [0.25, 0.3) is 0 Å². The average Bonchev–Trinajstić information content (AvgIpc) is 2.80. The first-order valence-corrected chi connectivity index (χ1v) is 7.36. The molecule has 1 atom stereocenters. The standard InChI is InChI=1S/C14H16BrClN2O2/c1-9-3-4-10(7-11(9)15)14(19)13-12(16)8-17-18(13)5-6-20-2/h3-4,7-8,14,19H,5-6H2,1-2H3. The molecule has 1 unspecified atom stereocenters. The number of benzene rings is 1. The maximum atomic E-state index is 10.6. The van der Waals surface area contributed by atoms with Gasteiger partial charge in [-0.05, 0) is 24.1 Å². The molecule has 1 N–H and O–H groups in total. The van der Waals surface area contributed by atoms with E-state index in [1.165, 1.54) is 0 Å². The van der Waals surface area contributed by atoms with Crippen LogP contribution in [0.3, 0.4) is 0 Å². The Morgan fingerprint density at radius 1 is 1.50 bits per heavy atom. The Morgan fingerprint density at radius 3 is 2.90 bits per heavy atom. The highest BCUT2D eigenvalue weighted by molar-refractivity contribution is 9.10. The molecule has 1 heterocycles. The zero-order valence-corrected chi connectivity index (χ0v) is 13.6. The first-order valence-electron chi connectivity index (χ1n) is 6.19. The smallest absolute Gasteiger partial charge is 0.122 e. The first-order chi connectivity index (χ1) is 9.54. The molecule has 1 aromatic carbocycles. The van der Waals surface area contributed by atoms with Gasteiger partial charge in [0.1, 0.15) is 6.10 Å². The van der Waals surface area contributed by atoms with Gasteiger partial charge in [0.2, 0.25) is 0 Å². The second-order valence-corrected chi connectivity index (χ2v) is 5.77. The molecular formula is C14H16BrClN2O2. The Labute approximate surface area is 131 Å². The van der Waals surface area contributed by atoms with Crippen LogP contribution in [0.5, 0.6) is 0 Å². The van der Waals surface area contributed by atoms with Crippen LogP contribution in [0.15, 0.2) is 28.9 Å². The van der Waals surface area contributed by atoms with Crippen LogP contribution in [0, 0.1) is 6.92 Å². The van der Waals surface area contributed by atoms with Crippen molar-refractivity contribution >= 4 is 27.5 Å². The maximum absolute atomic E-state index is 10.6. The fourth-order valence-electron chi connectivity index (χ4n) is 1.94. The van der Waals surface area contributed by atoms with Crippen LogP contribution in [-0.4, -0.2) is 28.6 Å². The SMILES string of the molecule is COCCn1ncc(Cl)c1C(O)c1ccc(C)c(Br)c1. The summed E-state index contributed by atoms with van der Waals surface area (Å²) in [6, 6.07) is 5.73. The van der Waals surface area contributed by atoms with Crippen LogP contribution in [0.1, 0.15) is 22.9 Å². The quantitative estimate of drug-likeness (QED) is 0.890. The second kappa shape index (κ2) is 6.72. The van der Waals surface area contributed by atoms with Gasteiger partial charge in [0, 0.05) is 11.6 Å². The number of aliphatic hydroxyl groups excluding tert-OH is 1. The summed E-state index contributed by atoms with van der Waals surface area (Å²) in [7, 11) is 1.62. The number of rotatable bonds is 5. The van der Waals surface area contributed by atoms with E-state index in [0.29, 0.717) is 23.9 Å². The van der Waals surface area contributed by atoms with Crippen molar-refractivity contribution < 1.29 is 9.84 Å². The summed E-state index contributed by atoms with van der Waals surface area (Å²) in [5.74, 6) is 0. The molecule has 0 aliphatic heterocycles. The molecule has 6 heteroatoms. The molecular weight excluding hydrogens is 344 g/mol. The minimum atomic E-state index is -0.821. The van der Waals surface area contributed by atoms with E-state index in [0.717, 1.165) is 15.6 Å². The van der Waals surface area contributed by atoms with Gasteiger partial charge in [-0.1, -0.05) is 39.7 Å². The molecule has 0 bridgehead atoms. The lowest BCUT2D eigenvalue weighted by Gasteiger charge is -2.15. The Kier molecular flexibility index (Phi) is 5.21. The number of hydrogen-bond donors (Lipinski definition) is 1. The second-order valence-electron chi connectivity index (χ2n) is 4.50. The number of nitrogens with zero attached hydrogens (tertiary/aromatic N) is 2. The molecule has 0 radical (unpaired) electrons. The van der Waals surface area contributed by atoms with Gasteiger partial charge >= 0.3 is 0 Å².